The predicted molar refractivity (Wildman–Crippen MR) is 88.8 cm³/mol. The van der Waals surface area contributed by atoms with Gasteiger partial charge in [-0.15, -0.1) is 22.7 Å². The molecule has 0 bridgehead atoms. The summed E-state index contributed by atoms with van der Waals surface area (Å²) in [6.45, 7) is 5.88. The molecule has 20 heavy (non-hydrogen) atoms. The summed E-state index contributed by atoms with van der Waals surface area (Å²) in [6.07, 6.45) is 2.61. The maximum absolute atomic E-state index is 3.90. The van der Waals surface area contributed by atoms with Crippen molar-refractivity contribution >= 4 is 22.7 Å². The van der Waals surface area contributed by atoms with Gasteiger partial charge < -0.3 is 10.2 Å². The summed E-state index contributed by atoms with van der Waals surface area (Å²) in [7, 11) is 0. The first-order chi connectivity index (χ1) is 9.86. The second kappa shape index (κ2) is 6.85. The van der Waals surface area contributed by atoms with E-state index in [-0.39, 0.29) is 0 Å². The average Bonchev–Trinajstić information content (AvgIpc) is 3.18. The van der Waals surface area contributed by atoms with Crippen LogP contribution in [0.2, 0.25) is 0 Å². The van der Waals surface area contributed by atoms with Crippen molar-refractivity contribution in [3.8, 4) is 0 Å². The highest BCUT2D eigenvalue weighted by Gasteiger charge is 2.24. The van der Waals surface area contributed by atoms with E-state index >= 15 is 0 Å². The molecule has 3 heterocycles. The minimum absolute atomic E-state index is 0.372. The molecule has 0 aliphatic carbocycles. The third kappa shape index (κ3) is 3.31. The van der Waals surface area contributed by atoms with E-state index in [2.05, 4.69) is 52.2 Å². The number of rotatable bonds is 5. The number of likely N-dealkylation sites (N-methyl/N-ethyl adjacent to an activating group) is 1. The molecule has 0 saturated carbocycles. The first-order valence-corrected chi connectivity index (χ1v) is 9.18. The summed E-state index contributed by atoms with van der Waals surface area (Å²) >= 11 is 3.71. The molecule has 2 aromatic rings. The van der Waals surface area contributed by atoms with E-state index in [9.17, 15) is 0 Å². The van der Waals surface area contributed by atoms with Gasteiger partial charge in [0, 0.05) is 22.3 Å². The van der Waals surface area contributed by atoms with Crippen molar-refractivity contribution < 1.29 is 0 Å². The fourth-order valence-corrected chi connectivity index (χ4v) is 4.61. The molecule has 1 aliphatic rings. The van der Waals surface area contributed by atoms with Crippen molar-refractivity contribution in [3.05, 3.63) is 44.8 Å². The summed E-state index contributed by atoms with van der Waals surface area (Å²) in [4.78, 5) is 5.42. The molecule has 1 saturated heterocycles. The van der Waals surface area contributed by atoms with Crippen molar-refractivity contribution in [2.24, 2.45) is 0 Å². The Labute approximate surface area is 129 Å². The minimum atomic E-state index is 0.372. The number of nitrogens with zero attached hydrogens (tertiary/aromatic N) is 1. The van der Waals surface area contributed by atoms with Crippen molar-refractivity contribution in [1.82, 2.24) is 10.2 Å². The van der Waals surface area contributed by atoms with Crippen LogP contribution in [0.25, 0.3) is 0 Å². The maximum atomic E-state index is 3.90. The number of thiophene rings is 2. The molecule has 1 aliphatic heterocycles. The molecule has 1 atom stereocenters. The molecule has 108 valence electrons. The summed E-state index contributed by atoms with van der Waals surface area (Å²) in [5.41, 5.74) is 0. The van der Waals surface area contributed by atoms with Gasteiger partial charge in [0.1, 0.15) is 0 Å². The fourth-order valence-electron chi connectivity index (χ4n) is 2.93. The average molecular weight is 307 g/mol. The van der Waals surface area contributed by atoms with E-state index in [4.69, 9.17) is 0 Å². The first kappa shape index (κ1) is 14.3. The minimum Gasteiger partial charge on any atom is -0.302 e. The Kier molecular flexibility index (Phi) is 4.89. The maximum Gasteiger partial charge on any atom is 0.0767 e. The van der Waals surface area contributed by atoms with Crippen LogP contribution in [-0.4, -0.2) is 30.6 Å². The zero-order valence-electron chi connectivity index (χ0n) is 11.9. The Morgan fingerprint density at radius 1 is 1.25 bits per heavy atom. The second-order valence-corrected chi connectivity index (χ2v) is 7.32. The van der Waals surface area contributed by atoms with Crippen LogP contribution in [0, 0.1) is 0 Å². The van der Waals surface area contributed by atoms with E-state index in [1.165, 1.54) is 42.2 Å². The van der Waals surface area contributed by atoms with Gasteiger partial charge in [-0.3, -0.25) is 0 Å². The Bertz CT molecular complexity index is 458. The van der Waals surface area contributed by atoms with E-state index in [0.29, 0.717) is 12.1 Å². The smallest absolute Gasteiger partial charge is 0.0767 e. The van der Waals surface area contributed by atoms with Gasteiger partial charge in [0.15, 0.2) is 0 Å². The molecular formula is C16H22N2S2. The van der Waals surface area contributed by atoms with E-state index < -0.39 is 0 Å². The van der Waals surface area contributed by atoms with Crippen LogP contribution in [0.3, 0.4) is 0 Å². The highest BCUT2D eigenvalue weighted by molar-refractivity contribution is 7.11. The van der Waals surface area contributed by atoms with E-state index in [1.54, 1.807) is 0 Å². The Balaban J connectivity index is 1.74. The molecule has 0 aromatic carbocycles. The Morgan fingerprint density at radius 3 is 2.50 bits per heavy atom. The predicted octanol–water partition coefficient (Wildman–Crippen LogP) is 3.97. The molecule has 0 spiro atoms. The molecule has 2 nitrogen and oxygen atoms in total. The van der Waals surface area contributed by atoms with Gasteiger partial charge in [-0.2, -0.15) is 0 Å². The Morgan fingerprint density at radius 2 is 1.95 bits per heavy atom. The van der Waals surface area contributed by atoms with Crippen LogP contribution < -0.4 is 5.32 Å². The lowest BCUT2D eigenvalue weighted by Gasteiger charge is -2.34. The largest absolute Gasteiger partial charge is 0.302 e. The third-order valence-corrected chi connectivity index (χ3v) is 5.88. The fraction of sp³-hybridized carbons (Fsp3) is 0.500. The lowest BCUT2D eigenvalue weighted by atomic mass is 10.0. The summed E-state index contributed by atoms with van der Waals surface area (Å²) in [5, 5.41) is 8.26. The highest BCUT2D eigenvalue weighted by atomic mass is 32.1. The number of nitrogens with one attached hydrogen (secondary N) is 1. The van der Waals surface area contributed by atoms with E-state index in [0.717, 1.165) is 0 Å². The van der Waals surface area contributed by atoms with Gasteiger partial charge in [0.05, 0.1) is 6.04 Å². The van der Waals surface area contributed by atoms with Crippen LogP contribution in [0.4, 0.5) is 0 Å². The van der Waals surface area contributed by atoms with E-state index in [1.807, 2.05) is 22.7 Å². The van der Waals surface area contributed by atoms with Crippen LogP contribution >= 0.6 is 22.7 Å². The van der Waals surface area contributed by atoms with Crippen LogP contribution in [-0.2, 0) is 0 Å². The molecule has 1 unspecified atom stereocenters. The quantitative estimate of drug-likeness (QED) is 0.899. The van der Waals surface area contributed by atoms with Gasteiger partial charge in [0.25, 0.3) is 0 Å². The van der Waals surface area contributed by atoms with Gasteiger partial charge >= 0.3 is 0 Å². The van der Waals surface area contributed by atoms with Crippen LogP contribution in [0.1, 0.15) is 35.6 Å². The number of likely N-dealkylation sites (tertiary alicyclic amines) is 1. The topological polar surface area (TPSA) is 15.3 Å². The van der Waals surface area contributed by atoms with Crippen molar-refractivity contribution in [1.29, 1.82) is 0 Å². The second-order valence-electron chi connectivity index (χ2n) is 5.36. The molecule has 4 heteroatoms. The molecule has 2 aromatic heterocycles. The SMILES string of the molecule is CCN1CCCC(NC(c2cccs2)c2cccs2)C1. The lowest BCUT2D eigenvalue weighted by molar-refractivity contribution is 0.194. The molecule has 0 amide bonds. The van der Waals surface area contributed by atoms with Crippen molar-refractivity contribution in [2.75, 3.05) is 19.6 Å². The van der Waals surface area contributed by atoms with Crippen molar-refractivity contribution in [3.63, 3.8) is 0 Å². The standard InChI is InChI=1S/C16H22N2S2/c1-2-18-9-3-6-13(12-18)17-16(14-7-4-10-19-14)15-8-5-11-20-15/h4-5,7-8,10-11,13,16-17H,2-3,6,9,12H2,1H3. The van der Waals surface area contributed by atoms with Gasteiger partial charge in [0.2, 0.25) is 0 Å². The van der Waals surface area contributed by atoms with Gasteiger partial charge in [-0.05, 0) is 48.8 Å². The zero-order valence-corrected chi connectivity index (χ0v) is 13.6. The third-order valence-electron chi connectivity index (χ3n) is 4.01. The Hall–Kier alpha value is -0.680. The molecular weight excluding hydrogens is 284 g/mol. The van der Waals surface area contributed by atoms with Gasteiger partial charge in [-0.1, -0.05) is 19.1 Å². The zero-order chi connectivity index (χ0) is 13.8. The molecule has 0 radical (unpaired) electrons. The lowest BCUT2D eigenvalue weighted by Crippen LogP contribution is -2.46. The van der Waals surface area contributed by atoms with Gasteiger partial charge in [-0.25, -0.2) is 0 Å². The molecule has 1 N–H and O–H groups in total. The van der Waals surface area contributed by atoms with Crippen LogP contribution in [0.15, 0.2) is 35.0 Å². The van der Waals surface area contributed by atoms with Crippen molar-refractivity contribution in [2.45, 2.75) is 31.8 Å². The summed E-state index contributed by atoms with van der Waals surface area (Å²) in [6, 6.07) is 9.79. The molecule has 3 rings (SSSR count). The monoisotopic (exact) mass is 306 g/mol. The highest BCUT2D eigenvalue weighted by Crippen LogP contribution is 2.30. The normalized spacial score (nSPS) is 20.6. The number of piperidine rings is 1. The summed E-state index contributed by atoms with van der Waals surface area (Å²) in [5.74, 6) is 0. The number of hydrogen-bond acceptors (Lipinski definition) is 4. The first-order valence-electron chi connectivity index (χ1n) is 7.42. The van der Waals surface area contributed by atoms with Crippen LogP contribution in [0.5, 0.6) is 0 Å². The molecule has 1 fully saturated rings. The number of hydrogen-bond donors (Lipinski definition) is 1. The summed E-state index contributed by atoms with van der Waals surface area (Å²) < 4.78 is 0.